The lowest BCUT2D eigenvalue weighted by atomic mass is 9.87. The number of hydrogen-bond acceptors (Lipinski definition) is 6. The molecule has 0 radical (unpaired) electrons. The number of benzene rings is 2. The molecule has 0 saturated heterocycles. The van der Waals surface area contributed by atoms with Gasteiger partial charge in [-0.05, 0) is 44.2 Å². The molecule has 2 aromatic rings. The molecule has 0 fully saturated rings. The summed E-state index contributed by atoms with van der Waals surface area (Å²) in [6.45, 7) is 6.43. The highest BCUT2D eigenvalue weighted by atomic mass is 32.2. The molecule has 0 amide bonds. The molecule has 0 spiro atoms. The third-order valence-corrected chi connectivity index (χ3v) is 8.88. The smallest absolute Gasteiger partial charge is 0.307 e. The van der Waals surface area contributed by atoms with Crippen LogP contribution in [0.2, 0.25) is 0 Å². The molecule has 198 valence electrons. The van der Waals surface area contributed by atoms with Crippen LogP contribution in [0.25, 0.3) is 0 Å². The van der Waals surface area contributed by atoms with E-state index in [-0.39, 0.29) is 11.3 Å². The van der Waals surface area contributed by atoms with Crippen molar-refractivity contribution in [3.63, 3.8) is 0 Å². The molecule has 1 aliphatic heterocycles. The van der Waals surface area contributed by atoms with Crippen molar-refractivity contribution in [2.45, 2.75) is 87.2 Å². The van der Waals surface area contributed by atoms with E-state index in [0.717, 1.165) is 49.1 Å². The molecular weight excluding hydrogens is 496 g/mol. The third kappa shape index (κ3) is 6.75. The zero-order chi connectivity index (χ0) is 26.3. The van der Waals surface area contributed by atoms with E-state index in [2.05, 4.69) is 23.5 Å². The van der Waals surface area contributed by atoms with Gasteiger partial charge in [-0.3, -0.25) is 4.79 Å². The maximum Gasteiger partial charge on any atom is 0.307 e. The maximum absolute atomic E-state index is 13.9. The molecule has 3 rings (SSSR count). The molecule has 36 heavy (non-hydrogen) atoms. The van der Waals surface area contributed by atoms with E-state index in [0.29, 0.717) is 18.0 Å². The van der Waals surface area contributed by atoms with E-state index in [9.17, 15) is 13.2 Å². The number of anilines is 2. The van der Waals surface area contributed by atoms with E-state index in [1.54, 1.807) is 13.0 Å². The van der Waals surface area contributed by atoms with Gasteiger partial charge in [-0.25, -0.2) is 13.1 Å². The first-order valence-corrected chi connectivity index (χ1v) is 15.3. The van der Waals surface area contributed by atoms with Crippen LogP contribution in [-0.4, -0.2) is 43.9 Å². The molecule has 0 bridgehead atoms. The van der Waals surface area contributed by atoms with Gasteiger partial charge in [0.05, 0.1) is 22.5 Å². The molecule has 1 heterocycles. The lowest BCUT2D eigenvalue weighted by molar-refractivity contribution is -0.138. The normalized spacial score (nSPS) is 17.2. The second-order valence-electron chi connectivity index (χ2n) is 9.51. The molecule has 0 aliphatic carbocycles. The summed E-state index contributed by atoms with van der Waals surface area (Å²) in [7, 11) is -3.89. The SMILES string of the molecule is CCCCC1(CCCC)CN(c2ccccc2)c2cc(SC)c(O[C@H](C)CC(=O)O)cc2S(=O)(=O)N1. The summed E-state index contributed by atoms with van der Waals surface area (Å²) in [5.41, 5.74) is 0.915. The highest BCUT2D eigenvalue weighted by Crippen LogP contribution is 2.44. The number of thioether (sulfide) groups is 1. The molecule has 0 aromatic heterocycles. The average Bonchev–Trinajstić information content (AvgIpc) is 2.93. The number of ether oxygens (including phenoxy) is 1. The van der Waals surface area contributed by atoms with Gasteiger partial charge >= 0.3 is 5.97 Å². The van der Waals surface area contributed by atoms with E-state index < -0.39 is 27.6 Å². The van der Waals surface area contributed by atoms with Crippen LogP contribution < -0.4 is 14.4 Å². The van der Waals surface area contributed by atoms with Gasteiger partial charge in [0.2, 0.25) is 10.0 Å². The van der Waals surface area contributed by atoms with Crippen molar-refractivity contribution in [2.75, 3.05) is 17.7 Å². The van der Waals surface area contributed by atoms with Crippen LogP contribution >= 0.6 is 11.8 Å². The summed E-state index contributed by atoms with van der Waals surface area (Å²) in [6, 6.07) is 13.3. The molecular formula is C27H38N2O5S2. The van der Waals surface area contributed by atoms with Gasteiger partial charge < -0.3 is 14.7 Å². The number of carboxylic acids is 1. The molecule has 9 heteroatoms. The van der Waals surface area contributed by atoms with Gasteiger partial charge in [-0.2, -0.15) is 0 Å². The highest BCUT2D eigenvalue weighted by Gasteiger charge is 2.42. The van der Waals surface area contributed by atoms with Crippen molar-refractivity contribution in [1.29, 1.82) is 0 Å². The van der Waals surface area contributed by atoms with Crippen LogP contribution in [0, 0.1) is 0 Å². The fourth-order valence-electron chi connectivity index (χ4n) is 4.73. The van der Waals surface area contributed by atoms with Crippen LogP contribution in [0.15, 0.2) is 52.3 Å². The first kappa shape index (κ1) is 28.3. The number of para-hydroxylation sites is 1. The number of unbranched alkanes of at least 4 members (excludes halogenated alkanes) is 2. The Bertz CT molecular complexity index is 1130. The molecule has 0 unspecified atom stereocenters. The van der Waals surface area contributed by atoms with Gasteiger partial charge in [-0.1, -0.05) is 57.7 Å². The van der Waals surface area contributed by atoms with Crippen molar-refractivity contribution in [1.82, 2.24) is 4.72 Å². The minimum atomic E-state index is -3.89. The van der Waals surface area contributed by atoms with Gasteiger partial charge in [-0.15, -0.1) is 11.8 Å². The Morgan fingerprint density at radius 3 is 2.36 bits per heavy atom. The number of aliphatic carboxylic acids is 1. The Balaban J connectivity index is 2.21. The maximum atomic E-state index is 13.9. The standard InChI is InChI=1S/C27H38N2O5S2/c1-5-7-14-27(15-8-6-2)19-29(21-12-10-9-11-13-21)22-17-24(35-4)23(34-20(3)16-26(30)31)18-25(22)36(32,33)28-27/h9-13,17-18,20,28H,5-8,14-16,19H2,1-4H3,(H,30,31)/t20-/m1/s1. The van der Waals surface area contributed by atoms with E-state index >= 15 is 0 Å². The monoisotopic (exact) mass is 534 g/mol. The fraction of sp³-hybridized carbons (Fsp3) is 0.519. The number of sulfonamides is 1. The number of rotatable bonds is 12. The van der Waals surface area contributed by atoms with Crippen molar-refractivity contribution in [3.8, 4) is 5.75 Å². The molecule has 0 saturated carbocycles. The first-order chi connectivity index (χ1) is 17.1. The van der Waals surface area contributed by atoms with Crippen molar-refractivity contribution in [2.24, 2.45) is 0 Å². The Labute approximate surface area is 219 Å². The number of nitrogens with one attached hydrogen (secondary N) is 1. The van der Waals surface area contributed by atoms with E-state index in [4.69, 9.17) is 9.84 Å². The van der Waals surface area contributed by atoms with E-state index in [1.165, 1.54) is 11.8 Å². The summed E-state index contributed by atoms with van der Waals surface area (Å²) >= 11 is 1.45. The van der Waals surface area contributed by atoms with Crippen LogP contribution in [-0.2, 0) is 14.8 Å². The quantitative estimate of drug-likeness (QED) is 0.313. The molecule has 2 aromatic carbocycles. The van der Waals surface area contributed by atoms with Crippen molar-refractivity contribution in [3.05, 3.63) is 42.5 Å². The Morgan fingerprint density at radius 2 is 1.81 bits per heavy atom. The lowest BCUT2D eigenvalue weighted by Gasteiger charge is -2.37. The zero-order valence-corrected chi connectivity index (χ0v) is 23.3. The minimum absolute atomic E-state index is 0.150. The number of carbonyl (C=O) groups is 1. The van der Waals surface area contributed by atoms with E-state index in [1.807, 2.05) is 42.7 Å². The second-order valence-corrected chi connectivity index (χ2v) is 12.0. The number of nitrogens with zero attached hydrogens (tertiary/aromatic N) is 1. The largest absolute Gasteiger partial charge is 0.489 e. The van der Waals surface area contributed by atoms with Crippen molar-refractivity contribution < 1.29 is 23.1 Å². The number of hydrogen-bond donors (Lipinski definition) is 2. The molecule has 1 atom stereocenters. The summed E-state index contributed by atoms with van der Waals surface area (Å²) in [5, 5.41) is 9.16. The highest BCUT2D eigenvalue weighted by molar-refractivity contribution is 7.98. The minimum Gasteiger partial charge on any atom is -0.489 e. The number of fused-ring (bicyclic) bond motifs is 1. The van der Waals surface area contributed by atoms with Crippen LogP contribution in [0.3, 0.4) is 0 Å². The van der Waals surface area contributed by atoms with Crippen LogP contribution in [0.1, 0.15) is 65.7 Å². The third-order valence-electron chi connectivity index (χ3n) is 6.51. The predicted molar refractivity (Wildman–Crippen MR) is 146 cm³/mol. The van der Waals surface area contributed by atoms with Gasteiger partial charge in [0, 0.05) is 18.3 Å². The number of carboxylic acid groups (broad SMARTS) is 1. The zero-order valence-electron chi connectivity index (χ0n) is 21.6. The lowest BCUT2D eigenvalue weighted by Crippen LogP contribution is -2.53. The average molecular weight is 535 g/mol. The van der Waals surface area contributed by atoms with Gasteiger partial charge in [0.1, 0.15) is 16.7 Å². The summed E-state index contributed by atoms with van der Waals surface area (Å²) in [6.07, 6.45) is 6.40. The molecule has 7 nitrogen and oxygen atoms in total. The Hall–Kier alpha value is -2.23. The molecule has 1 aliphatic rings. The van der Waals surface area contributed by atoms with Gasteiger partial charge in [0.25, 0.3) is 0 Å². The van der Waals surface area contributed by atoms with Crippen molar-refractivity contribution >= 4 is 39.1 Å². The summed E-state index contributed by atoms with van der Waals surface area (Å²) < 4.78 is 36.9. The summed E-state index contributed by atoms with van der Waals surface area (Å²) in [5.74, 6) is -0.591. The Morgan fingerprint density at radius 1 is 1.17 bits per heavy atom. The van der Waals surface area contributed by atoms with Gasteiger partial charge in [0.15, 0.2) is 0 Å². The second kappa shape index (κ2) is 12.3. The predicted octanol–water partition coefficient (Wildman–Crippen LogP) is 6.20. The van der Waals surface area contributed by atoms with Crippen LogP contribution in [0.4, 0.5) is 11.4 Å². The summed E-state index contributed by atoms with van der Waals surface area (Å²) in [4.78, 5) is 14.2. The van der Waals surface area contributed by atoms with Crippen LogP contribution in [0.5, 0.6) is 5.75 Å². The fourth-order valence-corrected chi connectivity index (χ4v) is 6.92. The first-order valence-electron chi connectivity index (χ1n) is 12.6. The molecule has 2 N–H and O–H groups in total. The Kier molecular flexibility index (Phi) is 9.72. The topological polar surface area (TPSA) is 95.9 Å².